The van der Waals surface area contributed by atoms with E-state index in [9.17, 15) is 8.42 Å². The zero-order valence-electron chi connectivity index (χ0n) is 11.3. The van der Waals surface area contributed by atoms with Crippen LogP contribution in [0.5, 0.6) is 0 Å². The van der Waals surface area contributed by atoms with Crippen LogP contribution in [0.3, 0.4) is 0 Å². The lowest BCUT2D eigenvalue weighted by molar-refractivity contribution is 0.579. The van der Waals surface area contributed by atoms with Gasteiger partial charge in [-0.25, -0.2) is 18.1 Å². The first-order valence-electron chi connectivity index (χ1n) is 6.15. The molecule has 2 heterocycles. The minimum absolute atomic E-state index is 0.0203. The highest BCUT2D eigenvalue weighted by Crippen LogP contribution is 2.18. The summed E-state index contributed by atoms with van der Waals surface area (Å²) < 4.78 is 28.5. The largest absolute Gasteiger partial charge is 0.381 e. The molecule has 0 aromatic carbocycles. The smallest absolute Gasteiger partial charge is 0.246 e. The van der Waals surface area contributed by atoms with Crippen molar-refractivity contribution in [2.45, 2.75) is 38.3 Å². The van der Waals surface area contributed by atoms with E-state index in [4.69, 9.17) is 5.73 Å². The van der Waals surface area contributed by atoms with Crippen molar-refractivity contribution in [1.82, 2.24) is 19.5 Å². The van der Waals surface area contributed by atoms with Gasteiger partial charge < -0.3 is 5.73 Å². The van der Waals surface area contributed by atoms with Gasteiger partial charge in [-0.15, -0.1) is 11.3 Å². The quantitative estimate of drug-likeness (QED) is 0.831. The van der Waals surface area contributed by atoms with Gasteiger partial charge in [0.15, 0.2) is 5.82 Å². The highest BCUT2D eigenvalue weighted by atomic mass is 32.2. The van der Waals surface area contributed by atoms with Gasteiger partial charge in [-0.05, 0) is 13.3 Å². The third kappa shape index (κ3) is 3.17. The molecule has 2 rings (SSSR count). The Morgan fingerprint density at radius 2 is 2.25 bits per heavy atom. The molecule has 0 aliphatic carbocycles. The summed E-state index contributed by atoms with van der Waals surface area (Å²) in [7, 11) is -3.66. The Hall–Kier alpha value is -1.45. The number of nitrogens with zero attached hydrogens (tertiary/aromatic N) is 3. The summed E-state index contributed by atoms with van der Waals surface area (Å²) in [5, 5.41) is 3.99. The molecule has 0 aliphatic heterocycles. The van der Waals surface area contributed by atoms with Gasteiger partial charge in [0.25, 0.3) is 0 Å². The van der Waals surface area contributed by atoms with Gasteiger partial charge in [0, 0.05) is 24.2 Å². The Morgan fingerprint density at radius 1 is 1.50 bits per heavy atom. The van der Waals surface area contributed by atoms with Crippen LogP contribution < -0.4 is 10.5 Å². The van der Waals surface area contributed by atoms with Gasteiger partial charge >= 0.3 is 0 Å². The second-order valence-corrected chi connectivity index (χ2v) is 7.00. The number of anilines is 1. The predicted molar refractivity (Wildman–Crippen MR) is 77.8 cm³/mol. The molecular weight excluding hydrogens is 298 g/mol. The fourth-order valence-electron chi connectivity index (χ4n) is 1.70. The molecule has 7 nitrogen and oxygen atoms in total. The van der Waals surface area contributed by atoms with Crippen molar-refractivity contribution in [2.24, 2.45) is 0 Å². The van der Waals surface area contributed by atoms with Crippen LogP contribution >= 0.6 is 11.3 Å². The number of thiazole rings is 1. The molecule has 0 aliphatic rings. The highest BCUT2D eigenvalue weighted by molar-refractivity contribution is 7.89. The van der Waals surface area contributed by atoms with E-state index in [-0.39, 0.29) is 17.3 Å². The molecule has 0 atom stereocenters. The highest BCUT2D eigenvalue weighted by Gasteiger charge is 2.21. The zero-order valence-corrected chi connectivity index (χ0v) is 13.0. The van der Waals surface area contributed by atoms with Crippen LogP contribution in [0.4, 0.5) is 5.82 Å². The molecule has 0 spiro atoms. The van der Waals surface area contributed by atoms with Gasteiger partial charge in [0.1, 0.15) is 4.90 Å². The molecule has 0 saturated carbocycles. The Balaban J connectivity index is 2.16. The third-order valence-corrected chi connectivity index (χ3v) is 5.12. The van der Waals surface area contributed by atoms with Crippen molar-refractivity contribution in [1.29, 1.82) is 0 Å². The van der Waals surface area contributed by atoms with E-state index in [0.29, 0.717) is 6.54 Å². The number of hydrogen-bond acceptors (Lipinski definition) is 6. The number of aromatic nitrogens is 3. The molecule has 0 fully saturated rings. The molecule has 0 saturated heterocycles. The molecule has 2 aromatic rings. The number of aryl methyl sites for hydroxylation is 2. The number of nitrogens with two attached hydrogens (primary N) is 1. The number of nitrogen functional groups attached to an aromatic ring is 1. The summed E-state index contributed by atoms with van der Waals surface area (Å²) in [5.74, 6) is 0.0203. The summed E-state index contributed by atoms with van der Waals surface area (Å²) in [6.45, 7) is 4.66. The first-order valence-corrected chi connectivity index (χ1v) is 8.52. The molecule has 20 heavy (non-hydrogen) atoms. The SMILES string of the molecule is CCCn1cc(S(=O)(=O)NCc2scnc2C)c(N)n1. The van der Waals surface area contributed by atoms with Gasteiger partial charge in [-0.1, -0.05) is 6.92 Å². The summed E-state index contributed by atoms with van der Waals surface area (Å²) >= 11 is 1.41. The average Bonchev–Trinajstić information content (AvgIpc) is 2.94. The van der Waals surface area contributed by atoms with E-state index in [0.717, 1.165) is 17.0 Å². The van der Waals surface area contributed by atoms with Crippen molar-refractivity contribution >= 4 is 27.2 Å². The summed E-state index contributed by atoms with van der Waals surface area (Å²) in [6.07, 6.45) is 2.31. The Morgan fingerprint density at radius 3 is 2.85 bits per heavy atom. The first-order chi connectivity index (χ1) is 9.44. The van der Waals surface area contributed by atoms with E-state index in [1.807, 2.05) is 13.8 Å². The normalized spacial score (nSPS) is 11.9. The van der Waals surface area contributed by atoms with Gasteiger partial charge in [-0.2, -0.15) is 5.10 Å². The van der Waals surface area contributed by atoms with E-state index in [1.165, 1.54) is 17.5 Å². The van der Waals surface area contributed by atoms with E-state index in [2.05, 4.69) is 14.8 Å². The number of sulfonamides is 1. The maximum Gasteiger partial charge on any atom is 0.246 e. The van der Waals surface area contributed by atoms with Crippen molar-refractivity contribution in [3.63, 3.8) is 0 Å². The maximum atomic E-state index is 12.2. The first kappa shape index (κ1) is 14.9. The molecule has 0 unspecified atom stereocenters. The summed E-state index contributed by atoms with van der Waals surface area (Å²) in [4.78, 5) is 4.98. The second-order valence-electron chi connectivity index (χ2n) is 4.33. The van der Waals surface area contributed by atoms with Gasteiger partial charge in [0.05, 0.1) is 11.2 Å². The van der Waals surface area contributed by atoms with Crippen LogP contribution in [-0.2, 0) is 23.1 Å². The molecule has 2 aromatic heterocycles. The Kier molecular flexibility index (Phi) is 4.41. The van der Waals surface area contributed by atoms with Crippen LogP contribution in [0.1, 0.15) is 23.9 Å². The van der Waals surface area contributed by atoms with Crippen LogP contribution in [0, 0.1) is 6.92 Å². The molecule has 0 radical (unpaired) electrons. The van der Waals surface area contributed by atoms with E-state index in [1.54, 1.807) is 10.2 Å². The van der Waals surface area contributed by atoms with Crippen molar-refractivity contribution in [3.8, 4) is 0 Å². The Labute approximate surface area is 121 Å². The molecule has 9 heteroatoms. The lowest BCUT2D eigenvalue weighted by Gasteiger charge is -2.04. The monoisotopic (exact) mass is 315 g/mol. The maximum absolute atomic E-state index is 12.2. The van der Waals surface area contributed by atoms with Crippen LogP contribution in [-0.4, -0.2) is 23.2 Å². The molecule has 3 N–H and O–H groups in total. The molecule has 110 valence electrons. The fraction of sp³-hybridized carbons (Fsp3) is 0.455. The van der Waals surface area contributed by atoms with Gasteiger partial charge in [-0.3, -0.25) is 4.68 Å². The fourth-order valence-corrected chi connectivity index (χ4v) is 3.58. The standard InChI is InChI=1S/C11H17N5O2S2/c1-3-4-16-6-10(11(12)15-16)20(17,18)14-5-9-8(2)13-7-19-9/h6-7,14H,3-5H2,1-2H3,(H2,12,15). The number of rotatable bonds is 6. The van der Waals surface area contributed by atoms with Crippen LogP contribution in [0.2, 0.25) is 0 Å². The predicted octanol–water partition coefficient (Wildman–Crippen LogP) is 1.12. The Bertz CT molecular complexity index is 689. The lowest BCUT2D eigenvalue weighted by Crippen LogP contribution is -2.23. The molecular formula is C11H17N5O2S2. The van der Waals surface area contributed by atoms with Crippen molar-refractivity contribution in [3.05, 3.63) is 22.3 Å². The summed E-state index contributed by atoms with van der Waals surface area (Å²) in [5.41, 5.74) is 8.19. The molecule has 0 bridgehead atoms. The summed E-state index contributed by atoms with van der Waals surface area (Å²) in [6, 6.07) is 0. The average molecular weight is 315 g/mol. The topological polar surface area (TPSA) is 103 Å². The number of hydrogen-bond donors (Lipinski definition) is 2. The minimum Gasteiger partial charge on any atom is -0.381 e. The number of nitrogens with one attached hydrogen (secondary N) is 1. The van der Waals surface area contributed by atoms with Crippen LogP contribution in [0.15, 0.2) is 16.6 Å². The van der Waals surface area contributed by atoms with E-state index >= 15 is 0 Å². The van der Waals surface area contributed by atoms with Crippen LogP contribution in [0.25, 0.3) is 0 Å². The van der Waals surface area contributed by atoms with Crippen molar-refractivity contribution in [2.75, 3.05) is 5.73 Å². The van der Waals surface area contributed by atoms with E-state index < -0.39 is 10.0 Å². The van der Waals surface area contributed by atoms with Crippen molar-refractivity contribution < 1.29 is 8.42 Å². The van der Waals surface area contributed by atoms with Gasteiger partial charge in [0.2, 0.25) is 10.0 Å². The zero-order chi connectivity index (χ0) is 14.8. The lowest BCUT2D eigenvalue weighted by atomic mass is 10.4. The minimum atomic E-state index is -3.66. The third-order valence-electron chi connectivity index (χ3n) is 2.76. The second kappa shape index (κ2) is 5.90. The molecule has 0 amide bonds.